The Morgan fingerprint density at radius 3 is 2.77 bits per heavy atom. The number of primary amides is 1. The predicted molar refractivity (Wildman–Crippen MR) is 103 cm³/mol. The van der Waals surface area contributed by atoms with Gasteiger partial charge in [0.1, 0.15) is 24.1 Å². The van der Waals surface area contributed by atoms with Gasteiger partial charge in [-0.3, -0.25) is 0 Å². The van der Waals surface area contributed by atoms with Crippen LogP contribution < -0.4 is 5.73 Å². The van der Waals surface area contributed by atoms with Crippen LogP contribution in [0.4, 0.5) is 4.79 Å². The van der Waals surface area contributed by atoms with Crippen molar-refractivity contribution >= 4 is 29.5 Å². The van der Waals surface area contributed by atoms with Crippen molar-refractivity contribution < 1.29 is 14.3 Å². The van der Waals surface area contributed by atoms with E-state index >= 15 is 0 Å². The molecule has 0 spiro atoms. The van der Waals surface area contributed by atoms with E-state index in [-0.39, 0.29) is 19.1 Å². The summed E-state index contributed by atoms with van der Waals surface area (Å²) in [6, 6.07) is 7.78. The number of halogens is 1. The summed E-state index contributed by atoms with van der Waals surface area (Å²) in [5.41, 5.74) is 5.96. The molecule has 0 saturated heterocycles. The summed E-state index contributed by atoms with van der Waals surface area (Å²) in [6.45, 7) is 7.83. The quantitative estimate of drug-likeness (QED) is 0.632. The van der Waals surface area contributed by atoms with Gasteiger partial charge in [0.25, 0.3) is 0 Å². The van der Waals surface area contributed by atoms with Gasteiger partial charge < -0.3 is 19.8 Å². The predicted octanol–water partition coefficient (Wildman–Crippen LogP) is 4.44. The Labute approximate surface area is 163 Å². The number of aromatic nitrogens is 2. The van der Waals surface area contributed by atoms with Crippen molar-refractivity contribution in [2.75, 3.05) is 13.2 Å². The fourth-order valence-corrected chi connectivity index (χ4v) is 3.97. The van der Waals surface area contributed by atoms with Gasteiger partial charge in [-0.2, -0.15) is 0 Å². The second kappa shape index (κ2) is 9.85. The minimum atomic E-state index is -0.800. The molecule has 0 atom stereocenters. The first kappa shape index (κ1) is 20.6. The van der Waals surface area contributed by atoms with Gasteiger partial charge in [-0.05, 0) is 31.0 Å². The number of ether oxygens (including phenoxy) is 2. The van der Waals surface area contributed by atoms with Crippen molar-refractivity contribution in [1.29, 1.82) is 0 Å². The first-order valence-electron chi connectivity index (χ1n) is 8.45. The van der Waals surface area contributed by atoms with Gasteiger partial charge in [-0.1, -0.05) is 43.3 Å². The van der Waals surface area contributed by atoms with Crippen LogP contribution in [-0.2, 0) is 22.6 Å². The van der Waals surface area contributed by atoms with Crippen molar-refractivity contribution in [3.63, 3.8) is 0 Å². The summed E-state index contributed by atoms with van der Waals surface area (Å²) >= 11 is 7.76. The molecule has 0 bridgehead atoms. The maximum Gasteiger partial charge on any atom is 0.404 e. The van der Waals surface area contributed by atoms with Crippen molar-refractivity contribution in [3.05, 3.63) is 40.8 Å². The first-order chi connectivity index (χ1) is 12.4. The van der Waals surface area contributed by atoms with E-state index in [4.69, 9.17) is 27.1 Å². The maximum atomic E-state index is 10.6. The molecule has 1 heterocycles. The number of carbonyl (C=O) groups is 1. The molecule has 2 N–H and O–H groups in total. The molecule has 0 unspecified atom stereocenters. The number of rotatable bonds is 9. The lowest BCUT2D eigenvalue weighted by atomic mass is 10.1. The van der Waals surface area contributed by atoms with Crippen molar-refractivity contribution in [3.8, 4) is 0 Å². The van der Waals surface area contributed by atoms with Gasteiger partial charge in [-0.25, -0.2) is 9.78 Å². The van der Waals surface area contributed by atoms with E-state index in [1.807, 2.05) is 24.3 Å². The molecule has 0 aliphatic carbocycles. The van der Waals surface area contributed by atoms with E-state index in [0.29, 0.717) is 11.6 Å². The average molecular weight is 398 g/mol. The van der Waals surface area contributed by atoms with Gasteiger partial charge in [0.15, 0.2) is 0 Å². The Hall–Kier alpha value is -1.70. The number of hydrogen-bond acceptors (Lipinski definition) is 5. The van der Waals surface area contributed by atoms with Crippen LogP contribution in [0, 0.1) is 0 Å². The number of hydrogen-bond donors (Lipinski definition) is 1. The zero-order valence-electron chi connectivity index (χ0n) is 15.2. The third-order valence-electron chi connectivity index (χ3n) is 3.60. The van der Waals surface area contributed by atoms with Crippen molar-refractivity contribution in [1.82, 2.24) is 9.55 Å². The third-order valence-corrected chi connectivity index (χ3v) is 4.95. The number of amides is 1. The van der Waals surface area contributed by atoms with Crippen LogP contribution >= 0.6 is 23.4 Å². The zero-order valence-corrected chi connectivity index (χ0v) is 16.8. The number of benzene rings is 1. The Balaban J connectivity index is 2.17. The molecule has 0 radical (unpaired) electrons. The number of nitrogens with two attached hydrogens (primary N) is 1. The summed E-state index contributed by atoms with van der Waals surface area (Å²) in [7, 11) is 0. The van der Waals surface area contributed by atoms with E-state index in [9.17, 15) is 4.79 Å². The molecule has 2 aromatic rings. The highest BCUT2D eigenvalue weighted by molar-refractivity contribution is 7.99. The van der Waals surface area contributed by atoms with Crippen LogP contribution in [0.1, 0.15) is 38.2 Å². The standard InChI is InChI=1S/C18H24ClN3O3S/c1-4-22-15(11-24-8-9-25-18(20)23)21-16(12(2)3)17(22)26-14-7-5-6-13(19)10-14/h5-7,10,12H,4,8-9,11H2,1-3H3,(H2,20,23). The lowest BCUT2D eigenvalue weighted by molar-refractivity contribution is 0.0637. The van der Waals surface area contributed by atoms with Gasteiger partial charge in [0.2, 0.25) is 0 Å². The fraction of sp³-hybridized carbons (Fsp3) is 0.444. The molecule has 0 aliphatic rings. The summed E-state index contributed by atoms with van der Waals surface area (Å²) < 4.78 is 12.4. The first-order valence-corrected chi connectivity index (χ1v) is 9.64. The molecule has 6 nitrogen and oxygen atoms in total. The van der Waals surface area contributed by atoms with Gasteiger partial charge in [0.05, 0.1) is 12.3 Å². The molecule has 1 amide bonds. The molecule has 1 aromatic heterocycles. The molecule has 8 heteroatoms. The number of nitrogens with zero attached hydrogens (tertiary/aromatic N) is 2. The largest absolute Gasteiger partial charge is 0.447 e. The summed E-state index contributed by atoms with van der Waals surface area (Å²) in [5.74, 6) is 1.13. The van der Waals surface area contributed by atoms with Crippen LogP contribution in [0.25, 0.3) is 0 Å². The zero-order chi connectivity index (χ0) is 19.1. The lowest BCUT2D eigenvalue weighted by Crippen LogP contribution is -2.16. The normalized spacial score (nSPS) is 11.1. The SMILES string of the molecule is CCn1c(COCCOC(N)=O)nc(C(C)C)c1Sc1cccc(Cl)c1. The summed E-state index contributed by atoms with van der Waals surface area (Å²) in [5, 5.41) is 1.80. The molecule has 0 fully saturated rings. The lowest BCUT2D eigenvalue weighted by Gasteiger charge is -2.11. The molecule has 26 heavy (non-hydrogen) atoms. The van der Waals surface area contributed by atoms with E-state index in [1.165, 1.54) is 0 Å². The summed E-state index contributed by atoms with van der Waals surface area (Å²) in [6.07, 6.45) is -0.800. The Morgan fingerprint density at radius 1 is 1.38 bits per heavy atom. The molecule has 2 rings (SSSR count). The molecule has 0 aliphatic heterocycles. The number of imidazole rings is 1. The smallest absolute Gasteiger partial charge is 0.404 e. The second-order valence-electron chi connectivity index (χ2n) is 5.90. The molecular weight excluding hydrogens is 374 g/mol. The average Bonchev–Trinajstić information content (AvgIpc) is 2.92. The van der Waals surface area contributed by atoms with Gasteiger partial charge in [0, 0.05) is 16.5 Å². The van der Waals surface area contributed by atoms with Gasteiger partial charge in [-0.15, -0.1) is 0 Å². The Bertz CT molecular complexity index is 749. The maximum absolute atomic E-state index is 10.6. The number of carbonyl (C=O) groups excluding carboxylic acids is 1. The Morgan fingerprint density at radius 2 is 2.15 bits per heavy atom. The van der Waals surface area contributed by atoms with Crippen molar-refractivity contribution in [2.45, 2.75) is 49.8 Å². The van der Waals surface area contributed by atoms with Crippen LogP contribution in [0.2, 0.25) is 5.02 Å². The topological polar surface area (TPSA) is 79.4 Å². The molecule has 142 valence electrons. The monoisotopic (exact) mass is 397 g/mol. The second-order valence-corrected chi connectivity index (χ2v) is 7.40. The third kappa shape index (κ3) is 5.65. The van der Waals surface area contributed by atoms with Gasteiger partial charge >= 0.3 is 6.09 Å². The van der Waals surface area contributed by atoms with E-state index < -0.39 is 6.09 Å². The highest BCUT2D eigenvalue weighted by Gasteiger charge is 2.19. The highest BCUT2D eigenvalue weighted by Crippen LogP contribution is 2.35. The van der Waals surface area contributed by atoms with E-state index in [0.717, 1.165) is 28.0 Å². The minimum absolute atomic E-state index is 0.128. The minimum Gasteiger partial charge on any atom is -0.447 e. The van der Waals surface area contributed by atoms with Crippen molar-refractivity contribution in [2.24, 2.45) is 5.73 Å². The molecule has 1 aromatic carbocycles. The summed E-state index contributed by atoms with van der Waals surface area (Å²) in [4.78, 5) is 16.4. The fourth-order valence-electron chi connectivity index (χ4n) is 2.43. The molecule has 0 saturated carbocycles. The van der Waals surface area contributed by atoms with Crippen LogP contribution in [0.3, 0.4) is 0 Å². The van der Waals surface area contributed by atoms with Crippen LogP contribution in [0.15, 0.2) is 34.2 Å². The van der Waals surface area contributed by atoms with E-state index in [2.05, 4.69) is 30.1 Å². The van der Waals surface area contributed by atoms with Crippen LogP contribution in [0.5, 0.6) is 0 Å². The Kier molecular flexibility index (Phi) is 7.81. The highest BCUT2D eigenvalue weighted by atomic mass is 35.5. The van der Waals surface area contributed by atoms with E-state index in [1.54, 1.807) is 11.8 Å². The van der Waals surface area contributed by atoms with Crippen LogP contribution in [-0.4, -0.2) is 28.9 Å². The molecular formula is C18H24ClN3O3S.